The molecule has 0 radical (unpaired) electrons. The molecule has 6 heteroatoms. The highest BCUT2D eigenvalue weighted by atomic mass is 16.4. The van der Waals surface area contributed by atoms with E-state index >= 15 is 0 Å². The molecule has 1 aliphatic carbocycles. The van der Waals surface area contributed by atoms with Crippen LogP contribution < -0.4 is 10.5 Å². The maximum Gasteiger partial charge on any atom is 0.335 e. The van der Waals surface area contributed by atoms with E-state index < -0.39 is 5.97 Å². The molecule has 1 aromatic carbocycles. The van der Waals surface area contributed by atoms with Crippen molar-refractivity contribution in [2.75, 3.05) is 18.0 Å². The number of carbonyl (C=O) groups is 1. The molecule has 1 saturated heterocycles. The Balaban J connectivity index is 1.68. The van der Waals surface area contributed by atoms with Crippen molar-refractivity contribution < 1.29 is 9.90 Å². The number of rotatable bonds is 3. The zero-order chi connectivity index (χ0) is 19.5. The van der Waals surface area contributed by atoms with Crippen LogP contribution >= 0.6 is 0 Å². The average Bonchev–Trinajstić information content (AvgIpc) is 3.26. The molecule has 3 heterocycles. The van der Waals surface area contributed by atoms with Crippen LogP contribution in [0.5, 0.6) is 0 Å². The fourth-order valence-electron chi connectivity index (χ4n) is 4.54. The largest absolute Gasteiger partial charge is 0.478 e. The van der Waals surface area contributed by atoms with E-state index in [9.17, 15) is 14.7 Å². The predicted molar refractivity (Wildman–Crippen MR) is 109 cm³/mol. The van der Waals surface area contributed by atoms with Crippen LogP contribution in [0.15, 0.2) is 41.5 Å². The number of nitrogens with one attached hydrogen (secondary N) is 1. The molecule has 2 N–H and O–H groups in total. The fraction of sp³-hybridized carbons (Fsp3) is 0.364. The van der Waals surface area contributed by atoms with Gasteiger partial charge in [0.15, 0.2) is 0 Å². The summed E-state index contributed by atoms with van der Waals surface area (Å²) < 4.78 is 1.56. The molecule has 5 rings (SSSR count). The first kappa shape index (κ1) is 17.1. The van der Waals surface area contributed by atoms with E-state index in [1.54, 1.807) is 29.9 Å². The average molecular weight is 377 g/mol. The molecule has 1 spiro atoms. The van der Waals surface area contributed by atoms with Crippen molar-refractivity contribution in [3.05, 3.63) is 52.6 Å². The van der Waals surface area contributed by atoms with Gasteiger partial charge in [-0.2, -0.15) is 0 Å². The lowest BCUT2D eigenvalue weighted by Gasteiger charge is -2.35. The van der Waals surface area contributed by atoms with Crippen LogP contribution in [0.2, 0.25) is 0 Å². The molecule has 28 heavy (non-hydrogen) atoms. The second-order valence-corrected chi connectivity index (χ2v) is 8.25. The zero-order valence-electron chi connectivity index (χ0n) is 15.9. The normalized spacial score (nSPS) is 18.0. The van der Waals surface area contributed by atoms with E-state index in [0.29, 0.717) is 10.9 Å². The fourth-order valence-corrected chi connectivity index (χ4v) is 4.54. The number of piperidine rings is 1. The van der Waals surface area contributed by atoms with Gasteiger partial charge in [-0.25, -0.2) is 4.79 Å². The Hall–Kier alpha value is -3.02. The molecule has 0 atom stereocenters. The number of aromatic amines is 1. The number of aryl methyl sites for hydroxylation is 1. The summed E-state index contributed by atoms with van der Waals surface area (Å²) >= 11 is 0. The Labute approximate surface area is 162 Å². The molecule has 1 saturated carbocycles. The van der Waals surface area contributed by atoms with Gasteiger partial charge in [0, 0.05) is 54.7 Å². The molecule has 2 aromatic heterocycles. The van der Waals surface area contributed by atoms with Crippen LogP contribution in [0, 0.1) is 5.41 Å². The van der Waals surface area contributed by atoms with E-state index in [-0.39, 0.29) is 11.1 Å². The Morgan fingerprint density at radius 1 is 1.11 bits per heavy atom. The van der Waals surface area contributed by atoms with Gasteiger partial charge in [0.05, 0.1) is 5.56 Å². The molecule has 0 bridgehead atoms. The third-order valence-electron chi connectivity index (χ3n) is 6.55. The summed E-state index contributed by atoms with van der Waals surface area (Å²) in [5, 5.41) is 10.4. The minimum absolute atomic E-state index is 0.0895. The van der Waals surface area contributed by atoms with Gasteiger partial charge in [-0.1, -0.05) is 0 Å². The van der Waals surface area contributed by atoms with Crippen LogP contribution in [0.25, 0.3) is 22.0 Å². The Morgan fingerprint density at radius 2 is 1.86 bits per heavy atom. The number of carboxylic acids is 1. The van der Waals surface area contributed by atoms with E-state index in [4.69, 9.17) is 0 Å². The molecule has 2 fully saturated rings. The van der Waals surface area contributed by atoms with Crippen LogP contribution in [0.4, 0.5) is 5.69 Å². The standard InChI is InChI=1S/C22H23N3O3/c1-24-13-17(15-4-9-23-19(15)20(24)26)16-12-14(21(27)28)2-3-18(16)25-10-7-22(5-6-22)8-11-25/h2-4,9,12-13,23H,5-8,10-11H2,1H3,(H,27,28). The summed E-state index contributed by atoms with van der Waals surface area (Å²) in [5.74, 6) is -0.946. The Kier molecular flexibility index (Phi) is 3.66. The smallest absolute Gasteiger partial charge is 0.335 e. The van der Waals surface area contributed by atoms with Crippen molar-refractivity contribution in [3.8, 4) is 11.1 Å². The van der Waals surface area contributed by atoms with Crippen molar-refractivity contribution in [1.29, 1.82) is 0 Å². The Bertz CT molecular complexity index is 1140. The monoisotopic (exact) mass is 377 g/mol. The van der Waals surface area contributed by atoms with Crippen LogP contribution in [0.3, 0.4) is 0 Å². The molecular formula is C22H23N3O3. The number of benzene rings is 1. The third kappa shape index (κ3) is 2.63. The maximum atomic E-state index is 12.4. The van der Waals surface area contributed by atoms with Gasteiger partial charge >= 0.3 is 5.97 Å². The number of carboxylic acid groups (broad SMARTS) is 1. The van der Waals surface area contributed by atoms with Gasteiger partial charge in [0.1, 0.15) is 5.52 Å². The highest BCUT2D eigenvalue weighted by molar-refractivity contribution is 6.00. The SMILES string of the molecule is Cn1cc(-c2cc(C(=O)O)ccc2N2CCC3(CC2)CC3)c2cc[nH]c2c1=O. The molecule has 0 unspecified atom stereocenters. The first-order valence-corrected chi connectivity index (χ1v) is 9.77. The van der Waals surface area contributed by atoms with Crippen molar-refractivity contribution in [2.24, 2.45) is 12.5 Å². The van der Waals surface area contributed by atoms with Crippen LogP contribution in [-0.4, -0.2) is 33.7 Å². The summed E-state index contributed by atoms with van der Waals surface area (Å²) in [5.41, 5.74) is 4.07. The molecule has 0 amide bonds. The highest BCUT2D eigenvalue weighted by Crippen LogP contribution is 2.54. The summed E-state index contributed by atoms with van der Waals surface area (Å²) in [6, 6.07) is 7.23. The molecule has 1 aliphatic heterocycles. The van der Waals surface area contributed by atoms with Gasteiger partial charge in [0.2, 0.25) is 0 Å². The summed E-state index contributed by atoms with van der Waals surface area (Å²) in [4.78, 5) is 29.5. The number of hydrogen-bond donors (Lipinski definition) is 2. The zero-order valence-corrected chi connectivity index (χ0v) is 15.9. The lowest BCUT2D eigenvalue weighted by molar-refractivity contribution is 0.0697. The second kappa shape index (κ2) is 5.99. The Morgan fingerprint density at radius 3 is 2.54 bits per heavy atom. The number of anilines is 1. The van der Waals surface area contributed by atoms with Crippen molar-refractivity contribution in [2.45, 2.75) is 25.7 Å². The van der Waals surface area contributed by atoms with Crippen molar-refractivity contribution in [1.82, 2.24) is 9.55 Å². The van der Waals surface area contributed by atoms with E-state index in [2.05, 4.69) is 9.88 Å². The van der Waals surface area contributed by atoms with Crippen molar-refractivity contribution in [3.63, 3.8) is 0 Å². The molecule has 2 aliphatic rings. The van der Waals surface area contributed by atoms with Crippen LogP contribution in [0.1, 0.15) is 36.0 Å². The second-order valence-electron chi connectivity index (χ2n) is 8.25. The number of H-pyrrole nitrogens is 1. The first-order chi connectivity index (χ1) is 13.5. The summed E-state index contributed by atoms with van der Waals surface area (Å²) in [6.07, 6.45) is 8.65. The quantitative estimate of drug-likeness (QED) is 0.731. The summed E-state index contributed by atoms with van der Waals surface area (Å²) in [7, 11) is 1.73. The molecule has 144 valence electrons. The van der Waals surface area contributed by atoms with Gasteiger partial charge in [-0.15, -0.1) is 0 Å². The number of pyridine rings is 1. The lowest BCUT2D eigenvalue weighted by Crippen LogP contribution is -2.34. The minimum atomic E-state index is -0.946. The number of nitrogens with zero attached hydrogens (tertiary/aromatic N) is 2. The van der Waals surface area contributed by atoms with Crippen molar-refractivity contribution >= 4 is 22.6 Å². The minimum Gasteiger partial charge on any atom is -0.478 e. The lowest BCUT2D eigenvalue weighted by atomic mass is 9.92. The van der Waals surface area contributed by atoms with E-state index in [0.717, 1.165) is 35.3 Å². The number of aromatic nitrogens is 2. The summed E-state index contributed by atoms with van der Waals surface area (Å²) in [6.45, 7) is 1.98. The van der Waals surface area contributed by atoms with Gasteiger partial charge in [0.25, 0.3) is 5.56 Å². The van der Waals surface area contributed by atoms with E-state index in [1.165, 1.54) is 25.7 Å². The van der Waals surface area contributed by atoms with Crippen LogP contribution in [-0.2, 0) is 7.05 Å². The van der Waals surface area contributed by atoms with Gasteiger partial charge < -0.3 is 19.6 Å². The third-order valence-corrected chi connectivity index (χ3v) is 6.55. The molecule has 6 nitrogen and oxygen atoms in total. The predicted octanol–water partition coefficient (Wildman–Crippen LogP) is 3.61. The van der Waals surface area contributed by atoms with Gasteiger partial charge in [-0.05, 0) is 55.4 Å². The highest BCUT2D eigenvalue weighted by Gasteiger charge is 2.44. The molecular weight excluding hydrogens is 354 g/mol. The maximum absolute atomic E-state index is 12.4. The first-order valence-electron chi connectivity index (χ1n) is 9.77. The van der Waals surface area contributed by atoms with E-state index in [1.807, 2.05) is 18.3 Å². The number of fused-ring (bicyclic) bond motifs is 1. The number of hydrogen-bond acceptors (Lipinski definition) is 3. The number of aromatic carboxylic acids is 1. The topological polar surface area (TPSA) is 78.3 Å². The molecule has 3 aromatic rings. The van der Waals surface area contributed by atoms with Gasteiger partial charge in [-0.3, -0.25) is 4.79 Å².